The number of halogens is 1. The smallest absolute Gasteiger partial charge is 0.321 e. The van der Waals surface area contributed by atoms with Crippen LogP contribution in [0, 0.1) is 17.1 Å². The van der Waals surface area contributed by atoms with Gasteiger partial charge in [0.2, 0.25) is 10.0 Å². The van der Waals surface area contributed by atoms with E-state index < -0.39 is 28.4 Å². The van der Waals surface area contributed by atoms with Crippen molar-refractivity contribution in [2.24, 2.45) is 0 Å². The number of rotatable bonds is 7. The largest absolute Gasteiger partial charge is 0.496 e. The number of sulfonamides is 1. The maximum atomic E-state index is 13.2. The number of carbonyl (C=O) groups is 1. The number of ether oxygens (including phenoxy) is 2. The number of nitriles is 1. The predicted octanol–water partition coefficient (Wildman–Crippen LogP) is 1.73. The third kappa shape index (κ3) is 5.02. The molecule has 0 fully saturated rings. The van der Waals surface area contributed by atoms with Gasteiger partial charge in [0.15, 0.2) is 0 Å². The Labute approximate surface area is 150 Å². The van der Waals surface area contributed by atoms with Crippen molar-refractivity contribution in [3.05, 3.63) is 59.4 Å². The maximum Gasteiger partial charge on any atom is 0.321 e. The summed E-state index contributed by atoms with van der Waals surface area (Å²) in [4.78, 5) is 11.7. The van der Waals surface area contributed by atoms with Gasteiger partial charge in [0.05, 0.1) is 23.6 Å². The van der Waals surface area contributed by atoms with Gasteiger partial charge in [-0.25, -0.2) is 12.8 Å². The Morgan fingerprint density at radius 3 is 2.54 bits per heavy atom. The third-order valence-corrected chi connectivity index (χ3v) is 4.75. The number of carbonyl (C=O) groups excluding carboxylic acids is 1. The highest BCUT2D eigenvalue weighted by Crippen LogP contribution is 2.20. The van der Waals surface area contributed by atoms with Crippen LogP contribution in [-0.4, -0.2) is 28.0 Å². The Hall–Kier alpha value is -2.96. The number of nitrogens with zero attached hydrogens (tertiary/aromatic N) is 1. The maximum absolute atomic E-state index is 13.2. The molecule has 2 aromatic rings. The van der Waals surface area contributed by atoms with Crippen molar-refractivity contribution in [1.29, 1.82) is 5.26 Å². The molecule has 0 aliphatic heterocycles. The summed E-state index contributed by atoms with van der Waals surface area (Å²) in [5.74, 6) is -1.01. The second-order valence-corrected chi connectivity index (χ2v) is 6.84. The lowest BCUT2D eigenvalue weighted by atomic mass is 10.2. The van der Waals surface area contributed by atoms with E-state index >= 15 is 0 Å². The lowest BCUT2D eigenvalue weighted by Gasteiger charge is -2.10. The van der Waals surface area contributed by atoms with Crippen molar-refractivity contribution in [3.8, 4) is 11.8 Å². The van der Waals surface area contributed by atoms with Crippen molar-refractivity contribution in [1.82, 2.24) is 4.72 Å². The van der Waals surface area contributed by atoms with Gasteiger partial charge >= 0.3 is 5.97 Å². The normalized spacial score (nSPS) is 10.8. The van der Waals surface area contributed by atoms with Crippen molar-refractivity contribution in [2.45, 2.75) is 11.5 Å². The summed E-state index contributed by atoms with van der Waals surface area (Å²) in [5.41, 5.74) is 0.628. The highest BCUT2D eigenvalue weighted by Gasteiger charge is 2.16. The minimum Gasteiger partial charge on any atom is -0.496 e. The topological polar surface area (TPSA) is 105 Å². The van der Waals surface area contributed by atoms with Crippen LogP contribution in [0.5, 0.6) is 5.75 Å². The lowest BCUT2D eigenvalue weighted by molar-refractivity contribution is -0.143. The molecule has 0 aliphatic carbocycles. The molecule has 0 saturated heterocycles. The highest BCUT2D eigenvalue weighted by atomic mass is 32.2. The molecule has 0 bridgehead atoms. The minimum atomic E-state index is -3.93. The van der Waals surface area contributed by atoms with Crippen molar-refractivity contribution < 1.29 is 27.1 Å². The summed E-state index contributed by atoms with van der Waals surface area (Å²) < 4.78 is 49.5. The summed E-state index contributed by atoms with van der Waals surface area (Å²) >= 11 is 0. The number of hydrogen-bond acceptors (Lipinski definition) is 6. The van der Waals surface area contributed by atoms with E-state index in [-0.39, 0.29) is 11.5 Å². The molecule has 136 valence electrons. The number of benzene rings is 2. The van der Waals surface area contributed by atoms with Gasteiger partial charge in [-0.3, -0.25) is 4.79 Å². The molecule has 0 aromatic heterocycles. The van der Waals surface area contributed by atoms with Gasteiger partial charge < -0.3 is 9.47 Å². The molecular formula is C17H15FN2O5S. The summed E-state index contributed by atoms with van der Waals surface area (Å²) in [6, 6.07) is 10.8. The first-order valence-corrected chi connectivity index (χ1v) is 8.82. The molecule has 2 rings (SSSR count). The summed E-state index contributed by atoms with van der Waals surface area (Å²) in [7, 11) is -2.53. The summed E-state index contributed by atoms with van der Waals surface area (Å²) in [6.45, 7) is -0.863. The zero-order valence-corrected chi connectivity index (χ0v) is 14.5. The molecule has 0 saturated carbocycles. The van der Waals surface area contributed by atoms with Gasteiger partial charge in [-0.1, -0.05) is 0 Å². The molecule has 0 atom stereocenters. The molecule has 0 unspecified atom stereocenters. The van der Waals surface area contributed by atoms with Gasteiger partial charge in [0, 0.05) is 5.56 Å². The number of hydrogen-bond donors (Lipinski definition) is 1. The van der Waals surface area contributed by atoms with E-state index in [1.54, 1.807) is 0 Å². The number of esters is 1. The van der Waals surface area contributed by atoms with Crippen LogP contribution < -0.4 is 9.46 Å². The Bertz CT molecular complexity index is 937. The second kappa shape index (κ2) is 8.42. The van der Waals surface area contributed by atoms with Crippen LogP contribution in [0.1, 0.15) is 11.1 Å². The van der Waals surface area contributed by atoms with Gasteiger partial charge in [0.25, 0.3) is 0 Å². The lowest BCUT2D eigenvalue weighted by Crippen LogP contribution is -2.30. The molecule has 2 aromatic carbocycles. The molecule has 0 heterocycles. The van der Waals surface area contributed by atoms with Gasteiger partial charge in [-0.05, 0) is 42.5 Å². The predicted molar refractivity (Wildman–Crippen MR) is 89.1 cm³/mol. The van der Waals surface area contributed by atoms with E-state index in [4.69, 9.17) is 14.7 Å². The summed E-state index contributed by atoms with van der Waals surface area (Å²) in [6.07, 6.45) is 0. The molecule has 0 aliphatic rings. The highest BCUT2D eigenvalue weighted by molar-refractivity contribution is 7.89. The first kappa shape index (κ1) is 19.4. The quantitative estimate of drug-likeness (QED) is 0.736. The van der Waals surface area contributed by atoms with Crippen LogP contribution in [0.4, 0.5) is 4.39 Å². The fraction of sp³-hybridized carbons (Fsp3) is 0.176. The average molecular weight is 378 g/mol. The first-order valence-electron chi connectivity index (χ1n) is 7.33. The van der Waals surface area contributed by atoms with Gasteiger partial charge in [-0.2, -0.15) is 9.98 Å². The van der Waals surface area contributed by atoms with Crippen molar-refractivity contribution >= 4 is 16.0 Å². The number of methoxy groups -OCH3 is 1. The standard InChI is InChI=1S/C17H15FN2O5S/c1-24-16-7-4-14(18)8-13(16)11-25-17(21)10-20-26(22,23)15-5-2-12(9-19)3-6-15/h2-8,20H,10-11H2,1H3. The molecule has 26 heavy (non-hydrogen) atoms. The Kier molecular flexibility index (Phi) is 6.27. The monoisotopic (exact) mass is 378 g/mol. The van der Waals surface area contributed by atoms with Crippen LogP contribution in [0.2, 0.25) is 0 Å². The molecule has 1 N–H and O–H groups in total. The molecule has 0 spiro atoms. The molecular weight excluding hydrogens is 363 g/mol. The molecule has 7 nitrogen and oxygen atoms in total. The van der Waals surface area contributed by atoms with Gasteiger partial charge in [0.1, 0.15) is 24.7 Å². The van der Waals surface area contributed by atoms with Crippen LogP contribution in [-0.2, 0) is 26.2 Å². The Morgan fingerprint density at radius 2 is 1.92 bits per heavy atom. The van der Waals surface area contributed by atoms with E-state index in [1.807, 2.05) is 6.07 Å². The SMILES string of the molecule is COc1ccc(F)cc1COC(=O)CNS(=O)(=O)c1ccc(C#N)cc1. The van der Waals surface area contributed by atoms with E-state index in [0.29, 0.717) is 16.9 Å². The zero-order valence-electron chi connectivity index (χ0n) is 13.7. The van der Waals surface area contributed by atoms with Crippen LogP contribution in [0.15, 0.2) is 47.4 Å². The fourth-order valence-electron chi connectivity index (χ4n) is 2.02. The van der Waals surface area contributed by atoms with E-state index in [2.05, 4.69) is 4.72 Å². The van der Waals surface area contributed by atoms with Crippen molar-refractivity contribution in [3.63, 3.8) is 0 Å². The first-order chi connectivity index (χ1) is 12.4. The van der Waals surface area contributed by atoms with Gasteiger partial charge in [-0.15, -0.1) is 0 Å². The van der Waals surface area contributed by atoms with E-state index in [1.165, 1.54) is 43.5 Å². The fourth-order valence-corrected chi connectivity index (χ4v) is 2.98. The Balaban J connectivity index is 1.94. The molecule has 0 radical (unpaired) electrons. The zero-order chi connectivity index (χ0) is 19.2. The van der Waals surface area contributed by atoms with Crippen LogP contribution in [0.3, 0.4) is 0 Å². The average Bonchev–Trinajstić information content (AvgIpc) is 2.65. The van der Waals surface area contributed by atoms with Crippen LogP contribution in [0.25, 0.3) is 0 Å². The minimum absolute atomic E-state index is 0.0869. The van der Waals surface area contributed by atoms with Crippen LogP contribution >= 0.6 is 0 Å². The third-order valence-electron chi connectivity index (χ3n) is 3.33. The van der Waals surface area contributed by atoms with Crippen molar-refractivity contribution in [2.75, 3.05) is 13.7 Å². The van der Waals surface area contributed by atoms with E-state index in [0.717, 1.165) is 6.07 Å². The van der Waals surface area contributed by atoms with E-state index in [9.17, 15) is 17.6 Å². The second-order valence-electron chi connectivity index (χ2n) is 5.08. The summed E-state index contributed by atoms with van der Waals surface area (Å²) in [5, 5.41) is 8.71. The Morgan fingerprint density at radius 1 is 1.23 bits per heavy atom. The molecule has 0 amide bonds. The molecule has 9 heteroatoms. The number of nitrogens with one attached hydrogen (secondary N) is 1.